The Labute approximate surface area is 229 Å². The van der Waals surface area contributed by atoms with Crippen molar-refractivity contribution >= 4 is 34.4 Å². The van der Waals surface area contributed by atoms with E-state index in [1.807, 2.05) is 0 Å². The van der Waals surface area contributed by atoms with E-state index in [1.165, 1.54) is 15.7 Å². The van der Waals surface area contributed by atoms with E-state index in [1.54, 1.807) is 16.8 Å². The second-order valence-electron chi connectivity index (χ2n) is 9.62. The van der Waals surface area contributed by atoms with Gasteiger partial charge in [-0.2, -0.15) is 18.2 Å². The van der Waals surface area contributed by atoms with Crippen LogP contribution in [-0.4, -0.2) is 70.4 Å². The number of carbonyl (C=O) groups excluding carboxylic acids is 1. The molecule has 1 unspecified atom stereocenters. The maximum atomic E-state index is 15.1. The number of benzene rings is 2. The first kappa shape index (κ1) is 28.1. The van der Waals surface area contributed by atoms with Crippen LogP contribution in [0, 0.1) is 11.6 Å². The zero-order valence-electron chi connectivity index (χ0n) is 21.3. The maximum absolute atomic E-state index is 15.1. The van der Waals surface area contributed by atoms with Gasteiger partial charge >= 0.3 is 11.9 Å². The molecule has 0 spiro atoms. The van der Waals surface area contributed by atoms with Gasteiger partial charge in [0.15, 0.2) is 0 Å². The zero-order valence-corrected chi connectivity index (χ0v) is 22.2. The van der Waals surface area contributed by atoms with Crippen molar-refractivity contribution in [2.24, 2.45) is 5.84 Å². The Kier molecular flexibility index (Phi) is 7.35. The molecule has 40 heavy (non-hydrogen) atoms. The summed E-state index contributed by atoms with van der Waals surface area (Å²) >= 11 is 1.02. The van der Waals surface area contributed by atoms with E-state index >= 15 is 4.39 Å². The molecule has 2 aliphatic rings. The molecule has 3 aromatic rings. The molecular weight excluding hydrogens is 555 g/mol. The minimum absolute atomic E-state index is 0.0286. The predicted octanol–water partition coefficient (Wildman–Crippen LogP) is 3.47. The highest BCUT2D eigenvalue weighted by Crippen LogP contribution is 2.48. The molecule has 0 bridgehead atoms. The second kappa shape index (κ2) is 10.5. The van der Waals surface area contributed by atoms with E-state index in [-0.39, 0.29) is 66.0 Å². The number of nitrogens with zero attached hydrogens (tertiary/aromatic N) is 5. The number of carbonyl (C=O) groups is 1. The first-order chi connectivity index (χ1) is 18.9. The molecule has 8 nitrogen and oxygen atoms in total. The number of hydrogen-bond donors (Lipinski definition) is 1. The van der Waals surface area contributed by atoms with Crippen LogP contribution in [0.5, 0.6) is 0 Å². The minimum atomic E-state index is -4.93. The highest BCUT2D eigenvalue weighted by molar-refractivity contribution is 7.99. The van der Waals surface area contributed by atoms with E-state index in [0.717, 1.165) is 30.0 Å². The average molecular weight is 581 g/mol. The first-order valence-electron chi connectivity index (χ1n) is 12.3. The van der Waals surface area contributed by atoms with Crippen molar-refractivity contribution in [3.8, 4) is 11.1 Å². The predicted molar refractivity (Wildman–Crippen MR) is 142 cm³/mol. The van der Waals surface area contributed by atoms with Gasteiger partial charge in [-0.25, -0.2) is 18.6 Å². The molecule has 1 saturated heterocycles. The fourth-order valence-electron chi connectivity index (χ4n) is 5.08. The summed E-state index contributed by atoms with van der Waals surface area (Å²) in [7, 11) is 1.58. The molecule has 0 saturated carbocycles. The Balaban J connectivity index is 1.82. The molecule has 212 valence electrons. The van der Waals surface area contributed by atoms with Crippen LogP contribution >= 0.6 is 11.8 Å². The highest BCUT2D eigenvalue weighted by Gasteiger charge is 2.39. The number of likely N-dealkylation sites (N-methyl/N-ethyl adjacent to an activating group) is 1. The topological polar surface area (TPSA) is 87.7 Å². The van der Waals surface area contributed by atoms with Gasteiger partial charge in [0.2, 0.25) is 5.91 Å². The Bertz CT molecular complexity index is 1570. The highest BCUT2D eigenvalue weighted by atomic mass is 32.2. The molecule has 1 amide bonds. The maximum Gasteiger partial charge on any atom is 0.417 e. The molecule has 2 aromatic carbocycles. The quantitative estimate of drug-likeness (QED) is 0.219. The van der Waals surface area contributed by atoms with Crippen LogP contribution < -0.4 is 16.4 Å². The van der Waals surface area contributed by atoms with Crippen LogP contribution in [-0.2, 0) is 17.5 Å². The van der Waals surface area contributed by atoms with Gasteiger partial charge in [-0.05, 0) is 24.3 Å². The lowest BCUT2D eigenvalue weighted by atomic mass is 9.95. The van der Waals surface area contributed by atoms with Crippen molar-refractivity contribution < 1.29 is 26.7 Å². The molecule has 0 radical (unpaired) electrons. The first-order valence-corrected chi connectivity index (χ1v) is 13.3. The smallest absolute Gasteiger partial charge is 0.352 e. The van der Waals surface area contributed by atoms with Crippen LogP contribution in [0.15, 0.2) is 46.6 Å². The number of rotatable bonds is 4. The largest absolute Gasteiger partial charge is 0.417 e. The van der Waals surface area contributed by atoms with Gasteiger partial charge in [0.1, 0.15) is 17.5 Å². The van der Waals surface area contributed by atoms with Gasteiger partial charge in [-0.3, -0.25) is 15.2 Å². The standard InChI is InChI=1S/C26H25F5N6O2S/c1-3-20(38)35-6-8-36(9-7-35)24-17-11-18(26(29,30)31)21(16-5-4-14(27)10-19(16)28)23-22(17)37(25(39)33-24)12-15(13-40-23)34(2)32/h3-5,10-11,15H,1,6-9,12-13,32H2,2H3. The number of aromatic nitrogens is 2. The monoisotopic (exact) mass is 580 g/mol. The summed E-state index contributed by atoms with van der Waals surface area (Å²) in [5, 5.41) is 1.42. The van der Waals surface area contributed by atoms with Gasteiger partial charge in [0.05, 0.1) is 17.1 Å². The molecule has 1 fully saturated rings. The van der Waals surface area contributed by atoms with Gasteiger partial charge in [-0.15, -0.1) is 11.8 Å². The number of anilines is 1. The molecule has 3 heterocycles. The normalized spacial score (nSPS) is 17.9. The molecule has 1 aromatic heterocycles. The third-order valence-electron chi connectivity index (χ3n) is 7.16. The van der Waals surface area contributed by atoms with E-state index in [9.17, 15) is 27.2 Å². The number of piperazine rings is 1. The van der Waals surface area contributed by atoms with Crippen molar-refractivity contribution in [2.75, 3.05) is 43.9 Å². The summed E-state index contributed by atoms with van der Waals surface area (Å²) < 4.78 is 74.0. The van der Waals surface area contributed by atoms with Crippen molar-refractivity contribution in [1.29, 1.82) is 0 Å². The number of nitrogens with two attached hydrogens (primary N) is 1. The molecule has 5 rings (SSSR count). The summed E-state index contributed by atoms with van der Waals surface area (Å²) in [5.74, 6) is 3.85. The van der Waals surface area contributed by atoms with Crippen molar-refractivity contribution in [1.82, 2.24) is 19.5 Å². The molecule has 0 aliphatic carbocycles. The summed E-state index contributed by atoms with van der Waals surface area (Å²) in [5.41, 5.74) is -2.59. The van der Waals surface area contributed by atoms with Gasteiger partial charge in [0.25, 0.3) is 0 Å². The van der Waals surface area contributed by atoms with E-state index in [0.29, 0.717) is 6.07 Å². The lowest BCUT2D eigenvalue weighted by Crippen LogP contribution is -2.49. The lowest BCUT2D eigenvalue weighted by molar-refractivity contribution is -0.137. The second-order valence-corrected chi connectivity index (χ2v) is 10.7. The number of alkyl halides is 3. The Morgan fingerprint density at radius 3 is 2.50 bits per heavy atom. The summed E-state index contributed by atoms with van der Waals surface area (Å²) in [6.07, 6.45) is -3.74. The fraction of sp³-hybridized carbons (Fsp3) is 0.346. The SMILES string of the molecule is C=CC(=O)N1CCN(c2nc(=O)n3c4c(c(-c5ccc(F)cc5F)c(C(F)(F)F)cc24)SCC(N(C)N)C3)CC1. The van der Waals surface area contributed by atoms with Crippen LogP contribution in [0.25, 0.3) is 22.0 Å². The van der Waals surface area contributed by atoms with E-state index in [4.69, 9.17) is 5.84 Å². The average Bonchev–Trinajstić information content (AvgIpc) is 3.11. The number of hydrogen-bond acceptors (Lipinski definition) is 7. The molecule has 2 aliphatic heterocycles. The summed E-state index contributed by atoms with van der Waals surface area (Å²) in [4.78, 5) is 32.9. The van der Waals surface area contributed by atoms with Crippen LogP contribution in [0.4, 0.5) is 27.8 Å². The molecule has 2 N–H and O–H groups in total. The number of halogens is 5. The molecular formula is C26H25F5N6O2S. The van der Waals surface area contributed by atoms with E-state index < -0.39 is 46.2 Å². The lowest BCUT2D eigenvalue weighted by Gasteiger charge is -2.35. The molecule has 14 heteroatoms. The number of amides is 1. The van der Waals surface area contributed by atoms with Gasteiger partial charge in [-0.1, -0.05) is 6.58 Å². The Morgan fingerprint density at radius 2 is 1.90 bits per heavy atom. The Hall–Kier alpha value is -3.49. The van der Waals surface area contributed by atoms with Crippen molar-refractivity contribution in [3.05, 3.63) is 64.6 Å². The van der Waals surface area contributed by atoms with Gasteiger partial charge in [0, 0.05) is 73.0 Å². The summed E-state index contributed by atoms with van der Waals surface area (Å²) in [6.45, 7) is 4.46. The van der Waals surface area contributed by atoms with Crippen molar-refractivity contribution in [2.45, 2.75) is 23.7 Å². The van der Waals surface area contributed by atoms with E-state index in [2.05, 4.69) is 11.6 Å². The Morgan fingerprint density at radius 1 is 1.20 bits per heavy atom. The molecule has 1 atom stereocenters. The third kappa shape index (κ3) is 4.95. The van der Waals surface area contributed by atoms with Crippen molar-refractivity contribution in [3.63, 3.8) is 0 Å². The minimum Gasteiger partial charge on any atom is -0.352 e. The van der Waals surface area contributed by atoms with Crippen LogP contribution in [0.1, 0.15) is 5.56 Å². The third-order valence-corrected chi connectivity index (χ3v) is 8.40. The number of thioether (sulfide) groups is 1. The van der Waals surface area contributed by atoms with Crippen LogP contribution in [0.2, 0.25) is 0 Å². The van der Waals surface area contributed by atoms with Crippen LogP contribution in [0.3, 0.4) is 0 Å². The fourth-order valence-corrected chi connectivity index (χ4v) is 6.51. The van der Waals surface area contributed by atoms with Gasteiger partial charge < -0.3 is 9.80 Å². The number of hydrazine groups is 1. The zero-order chi connectivity index (χ0) is 28.9. The summed E-state index contributed by atoms with van der Waals surface area (Å²) in [6, 6.07) is 2.81.